The van der Waals surface area contributed by atoms with Crippen LogP contribution in [0.1, 0.15) is 46.0 Å². The van der Waals surface area contributed by atoms with Crippen LogP contribution in [0.5, 0.6) is 40.2 Å². The first-order chi connectivity index (χ1) is 30.7. The lowest BCUT2D eigenvalue weighted by Crippen LogP contribution is -1.90. The van der Waals surface area contributed by atoms with E-state index in [4.69, 9.17) is 33.2 Å². The standard InChI is InChI=1S/C15H14O2.C14H14O2.2C12H12O2.C2H6.2CH4/c1-11(16)12-3-5-13(6-4-12)14-7-9-15(17-2)10-8-14;1-15-12-8-9-14(16-2)13(10-12)11-6-4-3-5-7-11;1-13-11-7-3-6-10-9(11)5-4-8-12(10)14-2;1-13-11-5-3-10-8-12(14-2)6-4-9(10)7-11;1-2;;/h3-10H,1-2H3;3-10H,1-2H3;2*3-8H,1-2H3;1-2H3;2*1H4. The highest BCUT2D eigenvalue weighted by atomic mass is 16.5. The summed E-state index contributed by atoms with van der Waals surface area (Å²) in [5.74, 6) is 6.13. The number of carbonyl (C=O) groups is 1. The molecule has 8 rings (SSSR count). The summed E-state index contributed by atoms with van der Waals surface area (Å²) in [7, 11) is 11.7. The van der Waals surface area contributed by atoms with Gasteiger partial charge in [0.15, 0.2) is 5.78 Å². The fourth-order valence-electron chi connectivity index (χ4n) is 6.40. The Hall–Kier alpha value is -7.45. The quantitative estimate of drug-likeness (QED) is 0.126. The van der Waals surface area contributed by atoms with E-state index in [0.717, 1.165) is 89.6 Å². The molecule has 0 aliphatic rings. The SMILES string of the molecule is C.C.CC.COc1ccc(-c2ccc(C(C)=O)cc2)cc1.COc1ccc(OC)c(-c2ccccc2)c1.COc1ccc2cc(OC)ccc2c1.COc1cccc2c(OC)cccc12. The van der Waals surface area contributed by atoms with Crippen LogP contribution in [0.15, 0.2) is 170 Å². The van der Waals surface area contributed by atoms with Gasteiger partial charge in [0.1, 0.15) is 40.2 Å². The molecule has 0 aliphatic carbocycles. The largest absolute Gasteiger partial charge is 0.497 e. The lowest BCUT2D eigenvalue weighted by molar-refractivity contribution is 0.101. The van der Waals surface area contributed by atoms with E-state index < -0.39 is 0 Å². The lowest BCUT2D eigenvalue weighted by atomic mass is 10.0. The normalized spacial score (nSPS) is 9.51. The summed E-state index contributed by atoms with van der Waals surface area (Å²) in [5, 5.41) is 4.47. The minimum absolute atomic E-state index is 0. The molecule has 342 valence electrons. The van der Waals surface area contributed by atoms with E-state index in [1.165, 1.54) is 0 Å². The number of fused-ring (bicyclic) bond motifs is 2. The van der Waals surface area contributed by atoms with Crippen LogP contribution in [0, 0.1) is 0 Å². The number of hydrogen-bond donors (Lipinski definition) is 0. The molecule has 8 nitrogen and oxygen atoms in total. The highest BCUT2D eigenvalue weighted by Crippen LogP contribution is 2.34. The number of ether oxygens (including phenoxy) is 7. The van der Waals surface area contributed by atoms with Gasteiger partial charge in [-0.15, -0.1) is 0 Å². The molecule has 0 bridgehead atoms. The maximum atomic E-state index is 11.2. The van der Waals surface area contributed by atoms with Crippen LogP contribution in [-0.4, -0.2) is 55.6 Å². The number of methoxy groups -OCH3 is 7. The van der Waals surface area contributed by atoms with Gasteiger partial charge in [-0.05, 0) is 101 Å². The van der Waals surface area contributed by atoms with Crippen molar-refractivity contribution in [2.24, 2.45) is 0 Å². The van der Waals surface area contributed by atoms with Crippen LogP contribution in [0.25, 0.3) is 43.8 Å². The molecule has 0 spiro atoms. The molecule has 0 heterocycles. The predicted octanol–water partition coefficient (Wildman–Crippen LogP) is 14.9. The second-order valence-electron chi connectivity index (χ2n) is 13.4. The molecule has 0 amide bonds. The summed E-state index contributed by atoms with van der Waals surface area (Å²) in [6.07, 6.45) is 0. The minimum atomic E-state index is 0. The van der Waals surface area contributed by atoms with Crippen LogP contribution < -0.4 is 33.2 Å². The maximum Gasteiger partial charge on any atom is 0.159 e. The molecule has 65 heavy (non-hydrogen) atoms. The van der Waals surface area contributed by atoms with E-state index in [1.54, 1.807) is 56.7 Å². The zero-order valence-corrected chi connectivity index (χ0v) is 37.9. The molecule has 8 aromatic rings. The van der Waals surface area contributed by atoms with Crippen molar-refractivity contribution in [2.45, 2.75) is 35.6 Å². The summed E-state index contributed by atoms with van der Waals surface area (Å²) in [4.78, 5) is 11.2. The Bertz CT molecular complexity index is 2520. The van der Waals surface area contributed by atoms with Crippen LogP contribution in [0.2, 0.25) is 0 Å². The zero-order valence-electron chi connectivity index (χ0n) is 37.9. The van der Waals surface area contributed by atoms with Crippen molar-refractivity contribution < 1.29 is 38.0 Å². The van der Waals surface area contributed by atoms with Gasteiger partial charge in [-0.3, -0.25) is 4.79 Å². The molecule has 0 aliphatic heterocycles. The van der Waals surface area contributed by atoms with Crippen LogP contribution in [-0.2, 0) is 0 Å². The average Bonchev–Trinajstić information content (AvgIpc) is 3.36. The Kier molecular flexibility index (Phi) is 23.4. The third kappa shape index (κ3) is 15.1. The molecule has 0 N–H and O–H groups in total. The summed E-state index contributed by atoms with van der Waals surface area (Å²) in [5.41, 5.74) is 5.11. The van der Waals surface area contributed by atoms with E-state index in [1.807, 2.05) is 172 Å². The maximum absolute atomic E-state index is 11.2. The number of ketones is 1. The van der Waals surface area contributed by atoms with Gasteiger partial charge in [-0.1, -0.05) is 132 Å². The second-order valence-corrected chi connectivity index (χ2v) is 13.4. The van der Waals surface area contributed by atoms with Gasteiger partial charge >= 0.3 is 0 Å². The zero-order chi connectivity index (χ0) is 45.6. The van der Waals surface area contributed by atoms with Gasteiger partial charge in [0.25, 0.3) is 0 Å². The summed E-state index contributed by atoms with van der Waals surface area (Å²) >= 11 is 0. The Morgan fingerprint density at radius 2 is 0.754 bits per heavy atom. The second kappa shape index (κ2) is 28.3. The monoisotopic (exact) mass is 878 g/mol. The summed E-state index contributed by atoms with van der Waals surface area (Å²) in [6, 6.07) is 55.2. The van der Waals surface area contributed by atoms with Gasteiger partial charge in [-0.2, -0.15) is 0 Å². The third-order valence-electron chi connectivity index (χ3n) is 9.74. The van der Waals surface area contributed by atoms with Crippen molar-refractivity contribution in [3.8, 4) is 62.5 Å². The number of Topliss-reactive ketones (excluding diaryl/α,β-unsaturated/α-hetero) is 1. The molecule has 8 heteroatoms. The van der Waals surface area contributed by atoms with E-state index in [2.05, 4.69) is 12.1 Å². The molecule has 0 fully saturated rings. The van der Waals surface area contributed by atoms with E-state index in [9.17, 15) is 4.79 Å². The topological polar surface area (TPSA) is 81.7 Å². The Balaban J connectivity index is 0.000000292. The van der Waals surface area contributed by atoms with Crippen molar-refractivity contribution in [3.05, 3.63) is 175 Å². The average molecular weight is 879 g/mol. The third-order valence-corrected chi connectivity index (χ3v) is 9.74. The number of benzene rings is 8. The highest BCUT2D eigenvalue weighted by molar-refractivity contribution is 5.94. The molecule has 0 saturated heterocycles. The van der Waals surface area contributed by atoms with Crippen molar-refractivity contribution in [1.29, 1.82) is 0 Å². The highest BCUT2D eigenvalue weighted by Gasteiger charge is 2.07. The number of carbonyl (C=O) groups excluding carboxylic acids is 1. The molecule has 0 saturated carbocycles. The first-order valence-electron chi connectivity index (χ1n) is 20.5. The first kappa shape index (κ1) is 53.7. The van der Waals surface area contributed by atoms with Crippen molar-refractivity contribution in [2.75, 3.05) is 49.8 Å². The molecule has 0 radical (unpaired) electrons. The molecule has 8 aromatic carbocycles. The minimum Gasteiger partial charge on any atom is -0.497 e. The van der Waals surface area contributed by atoms with E-state index in [-0.39, 0.29) is 20.6 Å². The Morgan fingerprint density at radius 3 is 1.17 bits per heavy atom. The van der Waals surface area contributed by atoms with Crippen LogP contribution in [0.4, 0.5) is 0 Å². The summed E-state index contributed by atoms with van der Waals surface area (Å²) < 4.78 is 36.5. The van der Waals surface area contributed by atoms with Crippen molar-refractivity contribution >= 4 is 27.3 Å². The molecule has 0 atom stereocenters. The van der Waals surface area contributed by atoms with Crippen LogP contribution >= 0.6 is 0 Å². The Morgan fingerprint density at radius 1 is 0.354 bits per heavy atom. The first-order valence-corrected chi connectivity index (χ1v) is 20.5. The number of rotatable bonds is 10. The van der Waals surface area contributed by atoms with Gasteiger partial charge in [0.05, 0.1) is 49.8 Å². The fourth-order valence-corrected chi connectivity index (χ4v) is 6.40. The fraction of sp³-hybridized carbons (Fsp3) is 0.211. The van der Waals surface area contributed by atoms with Gasteiger partial charge in [0, 0.05) is 21.9 Å². The molecule has 0 aromatic heterocycles. The van der Waals surface area contributed by atoms with Crippen molar-refractivity contribution in [3.63, 3.8) is 0 Å². The lowest BCUT2D eigenvalue weighted by Gasteiger charge is -2.10. The summed E-state index contributed by atoms with van der Waals surface area (Å²) in [6.45, 7) is 5.57. The number of hydrogen-bond acceptors (Lipinski definition) is 8. The van der Waals surface area contributed by atoms with Gasteiger partial charge < -0.3 is 33.2 Å². The molecular weight excluding hydrogens is 813 g/mol. The van der Waals surface area contributed by atoms with Crippen LogP contribution in [0.3, 0.4) is 0 Å². The van der Waals surface area contributed by atoms with Gasteiger partial charge in [0.2, 0.25) is 0 Å². The van der Waals surface area contributed by atoms with E-state index in [0.29, 0.717) is 0 Å². The Labute approximate surface area is 387 Å². The molecule has 0 unspecified atom stereocenters. The smallest absolute Gasteiger partial charge is 0.159 e. The van der Waals surface area contributed by atoms with E-state index >= 15 is 0 Å². The van der Waals surface area contributed by atoms with Crippen molar-refractivity contribution in [1.82, 2.24) is 0 Å². The van der Waals surface area contributed by atoms with Gasteiger partial charge in [-0.25, -0.2) is 0 Å². The molecular formula is C57H66O8. The predicted molar refractivity (Wildman–Crippen MR) is 272 cm³/mol.